The smallest absolute Gasteiger partial charge is 0.129 e. The molecule has 16 heavy (non-hydrogen) atoms. The van der Waals surface area contributed by atoms with Crippen molar-refractivity contribution in [1.82, 2.24) is 0 Å². The van der Waals surface area contributed by atoms with E-state index in [0.717, 1.165) is 5.56 Å². The van der Waals surface area contributed by atoms with Crippen molar-refractivity contribution in [2.24, 2.45) is 5.73 Å². The molecule has 0 saturated carbocycles. The Morgan fingerprint density at radius 2 is 2.19 bits per heavy atom. The van der Waals surface area contributed by atoms with Crippen molar-refractivity contribution in [2.45, 2.75) is 12.5 Å². The standard InChI is InChI=1S/C12H11BrFNO/c13-9-1-2-10(11(14)6-9)12(15)5-8-3-4-16-7-8/h1-4,6-7,12H,5,15H2. The lowest BCUT2D eigenvalue weighted by atomic mass is 10.0. The van der Waals surface area contributed by atoms with E-state index >= 15 is 0 Å². The highest BCUT2D eigenvalue weighted by molar-refractivity contribution is 9.10. The van der Waals surface area contributed by atoms with Gasteiger partial charge < -0.3 is 10.2 Å². The lowest BCUT2D eigenvalue weighted by molar-refractivity contribution is 0.556. The normalized spacial score (nSPS) is 12.7. The Balaban J connectivity index is 2.17. The second-order valence-corrected chi connectivity index (χ2v) is 4.52. The molecule has 2 rings (SSSR count). The molecule has 0 aliphatic rings. The van der Waals surface area contributed by atoms with Gasteiger partial charge in [0.1, 0.15) is 5.82 Å². The van der Waals surface area contributed by atoms with Crippen LogP contribution in [-0.2, 0) is 6.42 Å². The minimum absolute atomic E-state index is 0.287. The Kier molecular flexibility index (Phi) is 3.41. The Morgan fingerprint density at radius 3 is 2.81 bits per heavy atom. The summed E-state index contributed by atoms with van der Waals surface area (Å²) in [6.07, 6.45) is 3.77. The lowest BCUT2D eigenvalue weighted by Gasteiger charge is -2.11. The third kappa shape index (κ3) is 2.51. The van der Waals surface area contributed by atoms with Crippen molar-refractivity contribution in [3.05, 3.63) is 58.2 Å². The van der Waals surface area contributed by atoms with Gasteiger partial charge in [-0.05, 0) is 30.2 Å². The van der Waals surface area contributed by atoms with Crippen molar-refractivity contribution in [2.75, 3.05) is 0 Å². The van der Waals surface area contributed by atoms with Crippen LogP contribution in [0.4, 0.5) is 4.39 Å². The first-order valence-electron chi connectivity index (χ1n) is 4.88. The molecule has 2 aromatic rings. The fourth-order valence-electron chi connectivity index (χ4n) is 1.57. The highest BCUT2D eigenvalue weighted by atomic mass is 79.9. The van der Waals surface area contributed by atoms with Crippen LogP contribution in [-0.4, -0.2) is 0 Å². The highest BCUT2D eigenvalue weighted by Gasteiger charge is 2.12. The molecule has 1 aromatic carbocycles. The molecule has 2 nitrogen and oxygen atoms in total. The molecule has 0 amide bonds. The van der Waals surface area contributed by atoms with E-state index in [4.69, 9.17) is 10.2 Å². The second kappa shape index (κ2) is 4.80. The van der Waals surface area contributed by atoms with Crippen LogP contribution in [0, 0.1) is 5.82 Å². The van der Waals surface area contributed by atoms with E-state index in [2.05, 4.69) is 15.9 Å². The largest absolute Gasteiger partial charge is 0.472 e. The van der Waals surface area contributed by atoms with E-state index in [1.54, 1.807) is 24.7 Å². The minimum Gasteiger partial charge on any atom is -0.472 e. The summed E-state index contributed by atoms with van der Waals surface area (Å²) in [6, 6.07) is 6.38. The summed E-state index contributed by atoms with van der Waals surface area (Å²) in [5.74, 6) is -0.287. The molecule has 0 fully saturated rings. The Hall–Kier alpha value is -1.13. The molecule has 0 saturated heterocycles. The van der Waals surface area contributed by atoms with Crippen molar-refractivity contribution in [1.29, 1.82) is 0 Å². The number of nitrogens with two attached hydrogens (primary N) is 1. The average molecular weight is 284 g/mol. The molecule has 0 spiro atoms. The van der Waals surface area contributed by atoms with Gasteiger partial charge in [-0.15, -0.1) is 0 Å². The van der Waals surface area contributed by atoms with E-state index in [1.165, 1.54) is 6.07 Å². The van der Waals surface area contributed by atoms with Crippen LogP contribution in [0.25, 0.3) is 0 Å². The van der Waals surface area contributed by atoms with Gasteiger partial charge in [0.25, 0.3) is 0 Å². The molecule has 0 aliphatic heterocycles. The summed E-state index contributed by atoms with van der Waals surface area (Å²) >= 11 is 3.21. The lowest BCUT2D eigenvalue weighted by Crippen LogP contribution is -2.14. The van der Waals surface area contributed by atoms with Crippen LogP contribution in [0.5, 0.6) is 0 Å². The average Bonchev–Trinajstić information content (AvgIpc) is 2.70. The van der Waals surface area contributed by atoms with Crippen molar-refractivity contribution < 1.29 is 8.81 Å². The Labute approximate surface area is 101 Å². The summed E-state index contributed by atoms with van der Waals surface area (Å²) in [6.45, 7) is 0. The van der Waals surface area contributed by atoms with Gasteiger partial charge in [0.15, 0.2) is 0 Å². The quantitative estimate of drug-likeness (QED) is 0.938. The first-order chi connectivity index (χ1) is 7.66. The molecule has 2 N–H and O–H groups in total. The van der Waals surface area contributed by atoms with Crippen LogP contribution in [0.1, 0.15) is 17.2 Å². The first-order valence-corrected chi connectivity index (χ1v) is 5.67. The number of hydrogen-bond acceptors (Lipinski definition) is 2. The summed E-state index contributed by atoms with van der Waals surface area (Å²) in [5, 5.41) is 0. The molecule has 1 atom stereocenters. The Morgan fingerprint density at radius 1 is 1.38 bits per heavy atom. The zero-order valence-corrected chi connectivity index (χ0v) is 10.1. The van der Waals surface area contributed by atoms with Gasteiger partial charge in [0, 0.05) is 16.1 Å². The summed E-state index contributed by atoms with van der Waals surface area (Å²) in [5.41, 5.74) is 7.43. The maximum absolute atomic E-state index is 13.6. The van der Waals surface area contributed by atoms with Crippen LogP contribution in [0.2, 0.25) is 0 Å². The first kappa shape index (κ1) is 11.4. The van der Waals surface area contributed by atoms with E-state index in [0.29, 0.717) is 16.5 Å². The number of hydrogen-bond donors (Lipinski definition) is 1. The number of furan rings is 1. The van der Waals surface area contributed by atoms with Gasteiger partial charge in [0.05, 0.1) is 12.5 Å². The molecule has 4 heteroatoms. The van der Waals surface area contributed by atoms with Crippen molar-refractivity contribution in [3.8, 4) is 0 Å². The van der Waals surface area contributed by atoms with Crippen LogP contribution >= 0.6 is 15.9 Å². The van der Waals surface area contributed by atoms with Gasteiger partial charge in [-0.25, -0.2) is 4.39 Å². The van der Waals surface area contributed by atoms with E-state index in [9.17, 15) is 4.39 Å². The topological polar surface area (TPSA) is 39.2 Å². The molecule has 0 bridgehead atoms. The van der Waals surface area contributed by atoms with Gasteiger partial charge in [-0.3, -0.25) is 0 Å². The highest BCUT2D eigenvalue weighted by Crippen LogP contribution is 2.22. The zero-order chi connectivity index (χ0) is 11.5. The van der Waals surface area contributed by atoms with Crippen molar-refractivity contribution >= 4 is 15.9 Å². The van der Waals surface area contributed by atoms with Crippen molar-refractivity contribution in [3.63, 3.8) is 0 Å². The molecule has 0 radical (unpaired) electrons. The van der Waals surface area contributed by atoms with Crippen LogP contribution in [0.3, 0.4) is 0 Å². The summed E-state index contributed by atoms with van der Waals surface area (Å²) in [4.78, 5) is 0. The van der Waals surface area contributed by atoms with Gasteiger partial charge in [0.2, 0.25) is 0 Å². The predicted octanol–water partition coefficient (Wildman–Crippen LogP) is 3.42. The second-order valence-electron chi connectivity index (χ2n) is 3.61. The maximum Gasteiger partial charge on any atom is 0.129 e. The number of benzene rings is 1. The van der Waals surface area contributed by atoms with Gasteiger partial charge in [-0.2, -0.15) is 0 Å². The third-order valence-corrected chi connectivity index (χ3v) is 2.89. The van der Waals surface area contributed by atoms with Crippen LogP contribution in [0.15, 0.2) is 45.7 Å². The zero-order valence-electron chi connectivity index (χ0n) is 8.49. The summed E-state index contributed by atoms with van der Waals surface area (Å²) < 4.78 is 19.3. The fourth-order valence-corrected chi connectivity index (χ4v) is 1.91. The molecular weight excluding hydrogens is 273 g/mol. The molecule has 84 valence electrons. The molecule has 1 unspecified atom stereocenters. The van der Waals surface area contributed by atoms with E-state index in [-0.39, 0.29) is 11.9 Å². The van der Waals surface area contributed by atoms with E-state index < -0.39 is 0 Å². The number of rotatable bonds is 3. The van der Waals surface area contributed by atoms with E-state index in [1.807, 2.05) is 6.07 Å². The Bertz CT molecular complexity index is 470. The minimum atomic E-state index is -0.356. The van der Waals surface area contributed by atoms with Crippen LogP contribution < -0.4 is 5.73 Å². The monoisotopic (exact) mass is 283 g/mol. The fraction of sp³-hybridized carbons (Fsp3) is 0.167. The summed E-state index contributed by atoms with van der Waals surface area (Å²) in [7, 11) is 0. The molecule has 1 aromatic heterocycles. The maximum atomic E-state index is 13.6. The molecular formula is C12H11BrFNO. The third-order valence-electron chi connectivity index (χ3n) is 2.40. The van der Waals surface area contributed by atoms with Gasteiger partial charge >= 0.3 is 0 Å². The molecule has 1 heterocycles. The SMILES string of the molecule is NC(Cc1ccoc1)c1ccc(Br)cc1F. The predicted molar refractivity (Wildman–Crippen MR) is 63.4 cm³/mol. The number of halogens is 2. The van der Waals surface area contributed by atoms with Gasteiger partial charge in [-0.1, -0.05) is 22.0 Å². The molecule has 0 aliphatic carbocycles.